The average Bonchev–Trinajstić information content (AvgIpc) is 2.92. The van der Waals surface area contributed by atoms with Crippen molar-refractivity contribution in [3.05, 3.63) is 47.6 Å². The molecule has 0 bridgehead atoms. The van der Waals surface area contributed by atoms with E-state index >= 15 is 0 Å². The molecule has 0 heterocycles. The van der Waals surface area contributed by atoms with Crippen LogP contribution in [-0.2, 0) is 0 Å². The van der Waals surface area contributed by atoms with Gasteiger partial charge in [-0.05, 0) is 0 Å². The van der Waals surface area contributed by atoms with E-state index in [1.54, 1.807) is 0 Å². The van der Waals surface area contributed by atoms with Gasteiger partial charge in [0.1, 0.15) is 0 Å². The minimum atomic E-state index is 0. The van der Waals surface area contributed by atoms with Crippen LogP contribution in [0.15, 0.2) is 35.5 Å². The summed E-state index contributed by atoms with van der Waals surface area (Å²) < 4.78 is 0. The van der Waals surface area contributed by atoms with Crippen molar-refractivity contribution in [2.24, 2.45) is 0 Å². The Hall–Kier alpha value is 0.441. The Balaban J connectivity index is 0.000000245. The first-order chi connectivity index (χ1) is 6.86. The van der Waals surface area contributed by atoms with Gasteiger partial charge in [-0.1, -0.05) is 26.7 Å². The van der Waals surface area contributed by atoms with Gasteiger partial charge >= 0.3 is 45.5 Å². The van der Waals surface area contributed by atoms with Gasteiger partial charge in [0.25, 0.3) is 0 Å². The van der Waals surface area contributed by atoms with Crippen LogP contribution in [0.5, 0.6) is 0 Å². The molecule has 0 saturated heterocycles. The molecule has 2 aliphatic rings. The monoisotopic (exact) mass is 274 g/mol. The average molecular weight is 274 g/mol. The van der Waals surface area contributed by atoms with E-state index in [0.717, 1.165) is 25.7 Å². The molecule has 76 valence electrons. The van der Waals surface area contributed by atoms with Gasteiger partial charge in [-0.2, -0.15) is 12.2 Å². The van der Waals surface area contributed by atoms with E-state index in [9.17, 15) is 0 Å². The third kappa shape index (κ3) is 6.57. The molecule has 0 radical (unpaired) electrons. The molecule has 0 amide bonds. The largest absolute Gasteiger partial charge is 2.00 e. The molecule has 0 aromatic rings. The summed E-state index contributed by atoms with van der Waals surface area (Å²) in [7, 11) is 0. The quantitative estimate of drug-likeness (QED) is 0.530. The summed E-state index contributed by atoms with van der Waals surface area (Å²) in [4.78, 5) is 0. The van der Waals surface area contributed by atoms with Crippen molar-refractivity contribution in [1.82, 2.24) is 0 Å². The summed E-state index contributed by atoms with van der Waals surface area (Å²) in [6.07, 6.45) is 19.3. The zero-order valence-electron chi connectivity index (χ0n) is 9.84. The Kier molecular flexibility index (Phi) is 9.93. The van der Waals surface area contributed by atoms with E-state index in [1.165, 1.54) is 11.1 Å². The summed E-state index contributed by atoms with van der Waals surface area (Å²) in [5.41, 5.74) is 2.72. The number of allylic oxidation sites excluding steroid dienone is 8. The molecule has 0 spiro atoms. The third-order valence-corrected chi connectivity index (χ3v) is 2.29. The molecule has 0 fully saturated rings. The van der Waals surface area contributed by atoms with Crippen molar-refractivity contribution in [1.29, 1.82) is 0 Å². The van der Waals surface area contributed by atoms with Gasteiger partial charge in [0.05, 0.1) is 0 Å². The van der Waals surface area contributed by atoms with E-state index in [2.05, 4.69) is 50.3 Å². The second-order valence-electron chi connectivity index (χ2n) is 3.32. The first-order valence-corrected chi connectivity index (χ1v) is 5.39. The SMILES string of the molecule is CCC1=[C-]CC=C1.CCC1=[C-]CC=C1.[Sr+2]. The summed E-state index contributed by atoms with van der Waals surface area (Å²) in [5.74, 6) is 0. The summed E-state index contributed by atoms with van der Waals surface area (Å²) in [6, 6.07) is 0. The van der Waals surface area contributed by atoms with Crippen molar-refractivity contribution in [3.8, 4) is 0 Å². The molecule has 1 heteroatoms. The molecule has 0 atom stereocenters. The van der Waals surface area contributed by atoms with Gasteiger partial charge in [0.2, 0.25) is 0 Å². The number of rotatable bonds is 2. The van der Waals surface area contributed by atoms with E-state index in [0.29, 0.717) is 0 Å². The molecule has 2 aliphatic carbocycles. The smallest absolute Gasteiger partial charge is 0.270 e. The first-order valence-electron chi connectivity index (χ1n) is 5.39. The molecular formula is C14H18Sr. The Labute approximate surface area is 131 Å². The zero-order valence-corrected chi connectivity index (χ0v) is 13.3. The van der Waals surface area contributed by atoms with Gasteiger partial charge in [0.15, 0.2) is 0 Å². The maximum absolute atomic E-state index is 3.21. The Morgan fingerprint density at radius 3 is 1.47 bits per heavy atom. The van der Waals surface area contributed by atoms with E-state index < -0.39 is 0 Å². The van der Waals surface area contributed by atoms with Gasteiger partial charge in [0, 0.05) is 0 Å². The molecule has 0 unspecified atom stereocenters. The fourth-order valence-electron chi connectivity index (χ4n) is 1.39. The maximum Gasteiger partial charge on any atom is 2.00 e. The molecule has 0 aromatic carbocycles. The third-order valence-electron chi connectivity index (χ3n) is 2.29. The number of hydrogen-bond donors (Lipinski definition) is 0. The van der Waals surface area contributed by atoms with E-state index in [4.69, 9.17) is 0 Å². The summed E-state index contributed by atoms with van der Waals surface area (Å²) in [6.45, 7) is 4.30. The standard InChI is InChI=1S/2C7H9.Sr/c2*1-2-7-5-3-4-6-7;/h2*3,5H,2,4H2,1H3;/q2*-1;+2. The van der Waals surface area contributed by atoms with Gasteiger partial charge in [-0.25, -0.2) is 23.3 Å². The normalized spacial score (nSPS) is 16.4. The van der Waals surface area contributed by atoms with E-state index in [1.807, 2.05) is 0 Å². The minimum absolute atomic E-state index is 0. The van der Waals surface area contributed by atoms with Crippen LogP contribution in [0, 0.1) is 12.2 Å². The summed E-state index contributed by atoms with van der Waals surface area (Å²) >= 11 is 0. The maximum atomic E-state index is 3.21. The van der Waals surface area contributed by atoms with Crippen molar-refractivity contribution in [2.45, 2.75) is 39.5 Å². The molecule has 0 aliphatic heterocycles. The van der Waals surface area contributed by atoms with E-state index in [-0.39, 0.29) is 45.5 Å². The summed E-state index contributed by atoms with van der Waals surface area (Å²) in [5, 5.41) is 0. The predicted octanol–water partition coefficient (Wildman–Crippen LogP) is 3.79. The minimum Gasteiger partial charge on any atom is -0.270 e. The molecule has 0 N–H and O–H groups in total. The second kappa shape index (κ2) is 9.65. The van der Waals surface area contributed by atoms with Crippen LogP contribution >= 0.6 is 0 Å². The molecular weight excluding hydrogens is 256 g/mol. The predicted molar refractivity (Wildman–Crippen MR) is 67.4 cm³/mol. The topological polar surface area (TPSA) is 0 Å². The van der Waals surface area contributed by atoms with Crippen LogP contribution in [-0.4, -0.2) is 45.5 Å². The Morgan fingerprint density at radius 2 is 1.33 bits per heavy atom. The van der Waals surface area contributed by atoms with Crippen LogP contribution in [0.25, 0.3) is 0 Å². The molecule has 15 heavy (non-hydrogen) atoms. The van der Waals surface area contributed by atoms with Crippen LogP contribution in [0.4, 0.5) is 0 Å². The fourth-order valence-corrected chi connectivity index (χ4v) is 1.39. The molecule has 0 aromatic heterocycles. The van der Waals surface area contributed by atoms with Crippen LogP contribution in [0.3, 0.4) is 0 Å². The molecule has 2 rings (SSSR count). The zero-order chi connectivity index (χ0) is 10.2. The second-order valence-corrected chi connectivity index (χ2v) is 3.32. The van der Waals surface area contributed by atoms with Crippen molar-refractivity contribution in [2.75, 3.05) is 0 Å². The number of hydrogen-bond acceptors (Lipinski definition) is 0. The van der Waals surface area contributed by atoms with Gasteiger partial charge in [-0.3, -0.25) is 12.2 Å². The van der Waals surface area contributed by atoms with Crippen molar-refractivity contribution in [3.63, 3.8) is 0 Å². The Morgan fingerprint density at radius 1 is 0.933 bits per heavy atom. The fraction of sp³-hybridized carbons (Fsp3) is 0.429. The molecule has 0 nitrogen and oxygen atoms in total. The van der Waals surface area contributed by atoms with Crippen molar-refractivity contribution >= 4 is 45.5 Å². The van der Waals surface area contributed by atoms with Crippen molar-refractivity contribution < 1.29 is 0 Å². The molecule has 0 saturated carbocycles. The first kappa shape index (κ1) is 15.4. The van der Waals surface area contributed by atoms with Crippen LogP contribution < -0.4 is 0 Å². The van der Waals surface area contributed by atoms with Gasteiger partial charge < -0.3 is 0 Å². The van der Waals surface area contributed by atoms with Gasteiger partial charge in [-0.15, -0.1) is 12.8 Å². The van der Waals surface area contributed by atoms with Crippen LogP contribution in [0.1, 0.15) is 39.5 Å². The van der Waals surface area contributed by atoms with Crippen LogP contribution in [0.2, 0.25) is 0 Å². The Bertz CT molecular complexity index is 250.